The van der Waals surface area contributed by atoms with Gasteiger partial charge in [0.1, 0.15) is 5.75 Å². The fourth-order valence-corrected chi connectivity index (χ4v) is 1.38. The molecule has 2 rings (SSSR count). The predicted octanol–water partition coefficient (Wildman–Crippen LogP) is 1.62. The molecule has 0 aliphatic rings. The maximum atomic E-state index is 11.8. The van der Waals surface area contributed by atoms with E-state index in [1.807, 2.05) is 0 Å². The third kappa shape index (κ3) is 2.34. The monoisotopic (exact) mass is 229 g/mol. The molecule has 0 aliphatic heterocycles. The number of carbonyl (C=O) groups excluding carboxylic acids is 1. The van der Waals surface area contributed by atoms with Crippen LogP contribution in [0.2, 0.25) is 0 Å². The van der Waals surface area contributed by atoms with Gasteiger partial charge in [0.25, 0.3) is 5.91 Å². The van der Waals surface area contributed by atoms with Crippen molar-refractivity contribution in [3.05, 3.63) is 48.3 Å². The normalized spacial score (nSPS) is 9.88. The average molecular weight is 229 g/mol. The van der Waals surface area contributed by atoms with Gasteiger partial charge >= 0.3 is 0 Å². The molecule has 0 spiro atoms. The second-order valence-electron chi connectivity index (χ2n) is 3.43. The topological polar surface area (TPSA) is 88.2 Å². The number of amides is 1. The summed E-state index contributed by atoms with van der Waals surface area (Å²) in [5.74, 6) is -0.595. The fraction of sp³-hybridized carbons (Fsp3) is 0. The largest absolute Gasteiger partial charge is 0.505 e. The van der Waals surface area contributed by atoms with Gasteiger partial charge in [-0.3, -0.25) is 9.78 Å². The van der Waals surface area contributed by atoms with Crippen LogP contribution in [0.3, 0.4) is 0 Å². The van der Waals surface area contributed by atoms with Crippen molar-refractivity contribution in [3.63, 3.8) is 0 Å². The van der Waals surface area contributed by atoms with Crippen LogP contribution in [-0.4, -0.2) is 16.0 Å². The summed E-state index contributed by atoms with van der Waals surface area (Å²) in [4.78, 5) is 15.5. The Morgan fingerprint density at radius 1 is 1.29 bits per heavy atom. The molecular formula is C12H11N3O2. The second-order valence-corrected chi connectivity index (χ2v) is 3.43. The van der Waals surface area contributed by atoms with Gasteiger partial charge in [-0.05, 0) is 18.2 Å². The number of anilines is 2. The SMILES string of the molecule is Nc1ccccc1NC(=O)c1ccncc1O. The summed E-state index contributed by atoms with van der Waals surface area (Å²) >= 11 is 0. The highest BCUT2D eigenvalue weighted by Gasteiger charge is 2.11. The highest BCUT2D eigenvalue weighted by molar-refractivity contribution is 6.07. The van der Waals surface area contributed by atoms with Crippen LogP contribution in [0.1, 0.15) is 10.4 Å². The predicted molar refractivity (Wildman–Crippen MR) is 64.7 cm³/mol. The van der Waals surface area contributed by atoms with E-state index in [4.69, 9.17) is 5.73 Å². The van der Waals surface area contributed by atoms with Gasteiger partial charge in [-0.1, -0.05) is 12.1 Å². The zero-order valence-electron chi connectivity index (χ0n) is 8.92. The number of para-hydroxylation sites is 2. The maximum Gasteiger partial charge on any atom is 0.259 e. The molecule has 0 atom stereocenters. The van der Waals surface area contributed by atoms with E-state index in [-0.39, 0.29) is 11.3 Å². The molecular weight excluding hydrogens is 218 g/mol. The highest BCUT2D eigenvalue weighted by atomic mass is 16.3. The number of rotatable bonds is 2. The summed E-state index contributed by atoms with van der Waals surface area (Å²) in [6, 6.07) is 8.34. The lowest BCUT2D eigenvalue weighted by Crippen LogP contribution is -2.13. The Labute approximate surface area is 97.9 Å². The van der Waals surface area contributed by atoms with Gasteiger partial charge in [0.15, 0.2) is 0 Å². The van der Waals surface area contributed by atoms with Crippen LogP contribution in [0.4, 0.5) is 11.4 Å². The van der Waals surface area contributed by atoms with Gasteiger partial charge in [-0.15, -0.1) is 0 Å². The standard InChI is InChI=1S/C12H11N3O2/c13-9-3-1-2-4-10(9)15-12(17)8-5-6-14-7-11(8)16/h1-7,16H,13H2,(H,15,17). The summed E-state index contributed by atoms with van der Waals surface area (Å²) < 4.78 is 0. The van der Waals surface area contributed by atoms with E-state index < -0.39 is 5.91 Å². The van der Waals surface area contributed by atoms with Crippen molar-refractivity contribution >= 4 is 17.3 Å². The van der Waals surface area contributed by atoms with E-state index in [2.05, 4.69) is 10.3 Å². The molecule has 0 saturated heterocycles. The van der Waals surface area contributed by atoms with Crippen molar-refractivity contribution in [3.8, 4) is 5.75 Å². The first-order valence-electron chi connectivity index (χ1n) is 4.97. The van der Waals surface area contributed by atoms with Gasteiger partial charge in [-0.25, -0.2) is 0 Å². The lowest BCUT2D eigenvalue weighted by atomic mass is 10.2. The summed E-state index contributed by atoms with van der Waals surface area (Å²) in [5, 5.41) is 12.1. The molecule has 17 heavy (non-hydrogen) atoms. The molecule has 0 aliphatic carbocycles. The number of hydrogen-bond acceptors (Lipinski definition) is 4. The van der Waals surface area contributed by atoms with Crippen molar-refractivity contribution in [2.75, 3.05) is 11.1 Å². The lowest BCUT2D eigenvalue weighted by Gasteiger charge is -2.08. The molecule has 0 bridgehead atoms. The molecule has 1 heterocycles. The summed E-state index contributed by atoms with van der Waals surface area (Å²) in [6.07, 6.45) is 2.65. The number of nitrogen functional groups attached to an aromatic ring is 1. The van der Waals surface area contributed by atoms with E-state index in [9.17, 15) is 9.90 Å². The number of hydrogen-bond donors (Lipinski definition) is 3. The van der Waals surface area contributed by atoms with E-state index in [0.717, 1.165) is 0 Å². The number of carbonyl (C=O) groups is 1. The van der Waals surface area contributed by atoms with E-state index in [1.54, 1.807) is 24.3 Å². The number of aromatic nitrogens is 1. The van der Waals surface area contributed by atoms with Crippen molar-refractivity contribution < 1.29 is 9.90 Å². The molecule has 4 N–H and O–H groups in total. The summed E-state index contributed by atoms with van der Waals surface area (Å²) in [7, 11) is 0. The Hall–Kier alpha value is -2.56. The number of nitrogens with two attached hydrogens (primary N) is 1. The first-order chi connectivity index (χ1) is 8.18. The van der Waals surface area contributed by atoms with Crippen LogP contribution in [0, 0.1) is 0 Å². The van der Waals surface area contributed by atoms with Gasteiger partial charge in [0.05, 0.1) is 23.1 Å². The van der Waals surface area contributed by atoms with Crippen LogP contribution in [0.5, 0.6) is 5.75 Å². The smallest absolute Gasteiger partial charge is 0.259 e. The first kappa shape index (κ1) is 10.9. The molecule has 1 aromatic carbocycles. The van der Waals surface area contributed by atoms with Crippen LogP contribution in [0.15, 0.2) is 42.7 Å². The molecule has 0 unspecified atom stereocenters. The van der Waals surface area contributed by atoms with E-state index >= 15 is 0 Å². The Kier molecular flexibility index (Phi) is 2.91. The van der Waals surface area contributed by atoms with Crippen LogP contribution < -0.4 is 11.1 Å². The quantitative estimate of drug-likeness (QED) is 0.683. The molecule has 5 nitrogen and oxygen atoms in total. The van der Waals surface area contributed by atoms with Gasteiger partial charge in [0.2, 0.25) is 0 Å². The molecule has 0 saturated carbocycles. The number of pyridine rings is 1. The zero-order valence-corrected chi connectivity index (χ0v) is 8.92. The zero-order chi connectivity index (χ0) is 12.3. The number of nitrogens with one attached hydrogen (secondary N) is 1. The van der Waals surface area contributed by atoms with Gasteiger partial charge in [0, 0.05) is 6.20 Å². The molecule has 5 heteroatoms. The van der Waals surface area contributed by atoms with Crippen molar-refractivity contribution in [2.45, 2.75) is 0 Å². The minimum Gasteiger partial charge on any atom is -0.505 e. The Bertz CT molecular complexity index is 555. The lowest BCUT2D eigenvalue weighted by molar-refractivity contribution is 0.102. The van der Waals surface area contributed by atoms with Crippen LogP contribution in [-0.2, 0) is 0 Å². The fourth-order valence-electron chi connectivity index (χ4n) is 1.38. The third-order valence-corrected chi connectivity index (χ3v) is 2.25. The number of aromatic hydroxyl groups is 1. The van der Waals surface area contributed by atoms with E-state index in [0.29, 0.717) is 11.4 Å². The van der Waals surface area contributed by atoms with Crippen LogP contribution >= 0.6 is 0 Å². The highest BCUT2D eigenvalue weighted by Crippen LogP contribution is 2.20. The van der Waals surface area contributed by atoms with Crippen molar-refractivity contribution in [1.82, 2.24) is 4.98 Å². The summed E-state index contributed by atoms with van der Waals surface area (Å²) in [5.41, 5.74) is 6.83. The minimum absolute atomic E-state index is 0.156. The molecule has 0 fully saturated rings. The van der Waals surface area contributed by atoms with Crippen molar-refractivity contribution in [2.24, 2.45) is 0 Å². The minimum atomic E-state index is -0.428. The second kappa shape index (κ2) is 4.52. The van der Waals surface area contributed by atoms with Gasteiger partial charge in [-0.2, -0.15) is 0 Å². The van der Waals surface area contributed by atoms with Crippen molar-refractivity contribution in [1.29, 1.82) is 0 Å². The molecule has 1 amide bonds. The molecule has 1 aromatic heterocycles. The van der Waals surface area contributed by atoms with E-state index in [1.165, 1.54) is 18.5 Å². The maximum absolute atomic E-state index is 11.8. The molecule has 86 valence electrons. The Balaban J connectivity index is 2.24. The first-order valence-corrected chi connectivity index (χ1v) is 4.97. The Morgan fingerprint density at radius 3 is 2.76 bits per heavy atom. The Morgan fingerprint density at radius 2 is 2.06 bits per heavy atom. The molecule has 0 radical (unpaired) electrons. The summed E-state index contributed by atoms with van der Waals surface area (Å²) in [6.45, 7) is 0. The number of nitrogens with zero attached hydrogens (tertiary/aromatic N) is 1. The average Bonchev–Trinajstić information content (AvgIpc) is 2.32. The van der Waals surface area contributed by atoms with Crippen LogP contribution in [0.25, 0.3) is 0 Å². The molecule has 2 aromatic rings. The third-order valence-electron chi connectivity index (χ3n) is 2.25. The number of benzene rings is 1. The van der Waals surface area contributed by atoms with Gasteiger partial charge < -0.3 is 16.2 Å².